The van der Waals surface area contributed by atoms with Crippen LogP contribution in [0, 0.1) is 11.3 Å². The maximum absolute atomic E-state index is 11.2. The SMILES string of the molecule is O=CC1(CN2CCC(CO)C2)CCCC1. The monoisotopic (exact) mass is 211 g/mol. The minimum atomic E-state index is -0.0512. The summed E-state index contributed by atoms with van der Waals surface area (Å²) in [6, 6.07) is 0. The van der Waals surface area contributed by atoms with Crippen molar-refractivity contribution in [1.29, 1.82) is 0 Å². The summed E-state index contributed by atoms with van der Waals surface area (Å²) in [5, 5.41) is 9.07. The molecule has 3 heteroatoms. The molecule has 0 bridgehead atoms. The molecule has 2 aliphatic rings. The first-order chi connectivity index (χ1) is 7.28. The van der Waals surface area contributed by atoms with Gasteiger partial charge in [0.2, 0.25) is 0 Å². The van der Waals surface area contributed by atoms with Crippen LogP contribution >= 0.6 is 0 Å². The number of hydrogen-bond donors (Lipinski definition) is 1. The predicted octanol–water partition coefficient (Wildman–Crippen LogP) is 1.06. The number of hydrogen-bond acceptors (Lipinski definition) is 3. The van der Waals surface area contributed by atoms with Crippen molar-refractivity contribution in [2.45, 2.75) is 32.1 Å². The van der Waals surface area contributed by atoms with E-state index in [1.165, 1.54) is 19.1 Å². The number of nitrogens with zero attached hydrogens (tertiary/aromatic N) is 1. The van der Waals surface area contributed by atoms with E-state index in [4.69, 9.17) is 5.11 Å². The summed E-state index contributed by atoms with van der Waals surface area (Å²) in [6.45, 7) is 3.25. The van der Waals surface area contributed by atoms with Crippen molar-refractivity contribution in [2.75, 3.05) is 26.2 Å². The quantitative estimate of drug-likeness (QED) is 0.707. The van der Waals surface area contributed by atoms with Crippen molar-refractivity contribution >= 4 is 6.29 Å². The summed E-state index contributed by atoms with van der Waals surface area (Å²) in [6.07, 6.45) is 6.82. The van der Waals surface area contributed by atoms with Crippen molar-refractivity contribution in [3.63, 3.8) is 0 Å². The van der Waals surface area contributed by atoms with Crippen LogP contribution in [-0.4, -0.2) is 42.5 Å². The zero-order chi connectivity index (χ0) is 10.7. The number of carbonyl (C=O) groups is 1. The maximum atomic E-state index is 11.2. The molecule has 1 unspecified atom stereocenters. The second-order valence-electron chi connectivity index (χ2n) is 5.26. The summed E-state index contributed by atoms with van der Waals surface area (Å²) in [5.74, 6) is 0.440. The van der Waals surface area contributed by atoms with Gasteiger partial charge in [0.05, 0.1) is 0 Å². The van der Waals surface area contributed by atoms with Gasteiger partial charge in [-0.15, -0.1) is 0 Å². The molecule has 1 saturated carbocycles. The molecule has 1 atom stereocenters. The van der Waals surface area contributed by atoms with E-state index in [1.807, 2.05) is 0 Å². The second-order valence-corrected chi connectivity index (χ2v) is 5.26. The Morgan fingerprint density at radius 1 is 1.40 bits per heavy atom. The Morgan fingerprint density at radius 2 is 2.13 bits per heavy atom. The minimum absolute atomic E-state index is 0.0512. The summed E-state index contributed by atoms with van der Waals surface area (Å²) < 4.78 is 0. The van der Waals surface area contributed by atoms with Gasteiger partial charge in [0.25, 0.3) is 0 Å². The second kappa shape index (κ2) is 4.62. The minimum Gasteiger partial charge on any atom is -0.396 e. The van der Waals surface area contributed by atoms with Gasteiger partial charge < -0.3 is 14.8 Å². The van der Waals surface area contributed by atoms with Gasteiger partial charge in [-0.05, 0) is 31.7 Å². The van der Waals surface area contributed by atoms with Crippen LogP contribution in [0.4, 0.5) is 0 Å². The van der Waals surface area contributed by atoms with E-state index in [0.717, 1.165) is 38.9 Å². The highest BCUT2D eigenvalue weighted by atomic mass is 16.3. The maximum Gasteiger partial charge on any atom is 0.127 e. The van der Waals surface area contributed by atoms with Gasteiger partial charge in [0.1, 0.15) is 6.29 Å². The number of rotatable bonds is 4. The number of likely N-dealkylation sites (tertiary alicyclic amines) is 1. The fourth-order valence-corrected chi connectivity index (χ4v) is 3.04. The number of aliphatic hydroxyl groups is 1. The van der Waals surface area contributed by atoms with Gasteiger partial charge in [-0.25, -0.2) is 0 Å². The van der Waals surface area contributed by atoms with Gasteiger partial charge in [-0.2, -0.15) is 0 Å². The van der Waals surface area contributed by atoms with Crippen molar-refractivity contribution in [3.8, 4) is 0 Å². The Balaban J connectivity index is 1.88. The third kappa shape index (κ3) is 2.40. The zero-order valence-corrected chi connectivity index (χ0v) is 9.32. The summed E-state index contributed by atoms with van der Waals surface area (Å²) in [4.78, 5) is 13.6. The van der Waals surface area contributed by atoms with Gasteiger partial charge in [-0.1, -0.05) is 12.8 Å². The third-order valence-corrected chi connectivity index (χ3v) is 4.02. The molecule has 1 aliphatic heterocycles. The molecule has 86 valence electrons. The molecule has 1 saturated heterocycles. The molecule has 0 aromatic heterocycles. The first kappa shape index (κ1) is 11.1. The van der Waals surface area contributed by atoms with E-state index < -0.39 is 0 Å². The van der Waals surface area contributed by atoms with Crippen molar-refractivity contribution < 1.29 is 9.90 Å². The van der Waals surface area contributed by atoms with Crippen molar-refractivity contribution in [2.24, 2.45) is 11.3 Å². The van der Waals surface area contributed by atoms with Crippen molar-refractivity contribution in [3.05, 3.63) is 0 Å². The lowest BCUT2D eigenvalue weighted by molar-refractivity contribution is -0.116. The zero-order valence-electron chi connectivity index (χ0n) is 9.32. The standard InChI is InChI=1S/C12H21NO2/c14-8-11-3-6-13(7-11)9-12(10-15)4-1-2-5-12/h10-11,14H,1-9H2. The molecule has 0 amide bonds. The van der Waals surface area contributed by atoms with Gasteiger partial charge in [0.15, 0.2) is 0 Å². The average molecular weight is 211 g/mol. The molecule has 0 aromatic carbocycles. The first-order valence-corrected chi connectivity index (χ1v) is 6.07. The van der Waals surface area contributed by atoms with Crippen molar-refractivity contribution in [1.82, 2.24) is 4.90 Å². The van der Waals surface area contributed by atoms with Crippen LogP contribution in [0.5, 0.6) is 0 Å². The topological polar surface area (TPSA) is 40.5 Å². The van der Waals surface area contributed by atoms with E-state index in [0.29, 0.717) is 12.5 Å². The largest absolute Gasteiger partial charge is 0.396 e. The van der Waals surface area contributed by atoms with Gasteiger partial charge >= 0.3 is 0 Å². The molecule has 2 fully saturated rings. The number of aliphatic hydroxyl groups excluding tert-OH is 1. The Labute approximate surface area is 91.5 Å². The number of carbonyl (C=O) groups excluding carboxylic acids is 1. The Bertz CT molecular complexity index is 224. The smallest absolute Gasteiger partial charge is 0.127 e. The highest BCUT2D eigenvalue weighted by molar-refractivity contribution is 5.60. The van der Waals surface area contributed by atoms with E-state index >= 15 is 0 Å². The van der Waals surface area contributed by atoms with E-state index in [-0.39, 0.29) is 5.41 Å². The molecule has 0 spiro atoms. The van der Waals surface area contributed by atoms with Crippen LogP contribution in [0.2, 0.25) is 0 Å². The lowest BCUT2D eigenvalue weighted by Crippen LogP contribution is -2.36. The van der Waals surface area contributed by atoms with Crippen LogP contribution in [0.25, 0.3) is 0 Å². The third-order valence-electron chi connectivity index (χ3n) is 4.02. The van der Waals surface area contributed by atoms with Gasteiger partial charge in [-0.3, -0.25) is 0 Å². The number of aldehydes is 1. The van der Waals surface area contributed by atoms with Crippen LogP contribution in [0.3, 0.4) is 0 Å². The van der Waals surface area contributed by atoms with E-state index in [9.17, 15) is 4.79 Å². The lowest BCUT2D eigenvalue weighted by Gasteiger charge is -2.28. The van der Waals surface area contributed by atoms with Crippen LogP contribution in [0.1, 0.15) is 32.1 Å². The lowest BCUT2D eigenvalue weighted by atomic mass is 9.87. The molecule has 3 nitrogen and oxygen atoms in total. The Hall–Kier alpha value is -0.410. The normalized spacial score (nSPS) is 30.9. The molecule has 0 aromatic rings. The van der Waals surface area contributed by atoms with Crippen LogP contribution in [-0.2, 0) is 4.79 Å². The summed E-state index contributed by atoms with van der Waals surface area (Å²) in [7, 11) is 0. The predicted molar refractivity (Wildman–Crippen MR) is 58.6 cm³/mol. The summed E-state index contributed by atoms with van der Waals surface area (Å²) >= 11 is 0. The fourth-order valence-electron chi connectivity index (χ4n) is 3.04. The molecule has 15 heavy (non-hydrogen) atoms. The highest BCUT2D eigenvalue weighted by Gasteiger charge is 2.36. The Kier molecular flexibility index (Phi) is 3.42. The molecule has 1 heterocycles. The highest BCUT2D eigenvalue weighted by Crippen LogP contribution is 2.37. The van der Waals surface area contributed by atoms with Crippen LogP contribution < -0.4 is 0 Å². The average Bonchev–Trinajstić information content (AvgIpc) is 2.88. The van der Waals surface area contributed by atoms with Gasteiger partial charge in [0, 0.05) is 25.1 Å². The van der Waals surface area contributed by atoms with E-state index in [2.05, 4.69) is 4.90 Å². The summed E-state index contributed by atoms with van der Waals surface area (Å²) in [5.41, 5.74) is -0.0512. The molecule has 1 N–H and O–H groups in total. The molecular formula is C12H21NO2. The molecule has 1 aliphatic carbocycles. The first-order valence-electron chi connectivity index (χ1n) is 6.07. The van der Waals surface area contributed by atoms with E-state index in [1.54, 1.807) is 0 Å². The molecule has 2 rings (SSSR count). The van der Waals surface area contributed by atoms with Crippen LogP contribution in [0.15, 0.2) is 0 Å². The molecular weight excluding hydrogens is 190 g/mol. The molecule has 0 radical (unpaired) electrons. The Morgan fingerprint density at radius 3 is 2.67 bits per heavy atom. The fraction of sp³-hybridized carbons (Fsp3) is 0.917.